The molecule has 1 fully saturated rings. The van der Waals surface area contributed by atoms with E-state index < -0.39 is 5.91 Å². The van der Waals surface area contributed by atoms with Gasteiger partial charge in [-0.15, -0.1) is 11.3 Å². The van der Waals surface area contributed by atoms with Gasteiger partial charge in [-0.05, 0) is 57.9 Å². The Balaban J connectivity index is 1.60. The molecule has 1 aromatic carbocycles. The molecule has 2 aromatic heterocycles. The van der Waals surface area contributed by atoms with E-state index >= 15 is 0 Å². The van der Waals surface area contributed by atoms with E-state index in [-0.39, 0.29) is 22.3 Å². The summed E-state index contributed by atoms with van der Waals surface area (Å²) in [5, 5.41) is 24.9. The van der Waals surface area contributed by atoms with Crippen molar-refractivity contribution >= 4 is 45.6 Å². The van der Waals surface area contributed by atoms with Gasteiger partial charge in [0, 0.05) is 60.7 Å². The summed E-state index contributed by atoms with van der Waals surface area (Å²) in [4.78, 5) is 27.8. The van der Waals surface area contributed by atoms with E-state index in [4.69, 9.17) is 5.26 Å². The molecular weight excluding hydrogens is 486 g/mol. The maximum Gasteiger partial charge on any atom is 0.270 e. The monoisotopic (exact) mass is 517 g/mol. The van der Waals surface area contributed by atoms with Crippen LogP contribution in [0, 0.1) is 22.7 Å². The number of amides is 1. The zero-order valence-electron chi connectivity index (χ0n) is 21.3. The Morgan fingerprint density at radius 3 is 2.65 bits per heavy atom. The number of hydrogen-bond acceptors (Lipinski definition) is 7. The topological polar surface area (TPSA) is 119 Å². The first-order chi connectivity index (χ1) is 17.9. The lowest BCUT2D eigenvalue weighted by molar-refractivity contribution is -0.115. The molecule has 0 spiro atoms. The molecule has 37 heavy (non-hydrogen) atoms. The summed E-state index contributed by atoms with van der Waals surface area (Å²) >= 11 is 1.07. The summed E-state index contributed by atoms with van der Waals surface area (Å²) in [6.07, 6.45) is 6.05. The Labute approximate surface area is 219 Å². The van der Waals surface area contributed by atoms with Gasteiger partial charge >= 0.3 is 0 Å². The molecule has 0 saturated carbocycles. The largest absolute Gasteiger partial charge is 0.360 e. The van der Waals surface area contributed by atoms with Crippen molar-refractivity contribution in [2.24, 2.45) is 0 Å². The van der Waals surface area contributed by atoms with Gasteiger partial charge in [0.05, 0.1) is 6.07 Å². The molecule has 1 aliphatic heterocycles. The number of likely N-dealkylation sites (tertiary alicyclic amines) is 1. The first kappa shape index (κ1) is 26.2. The van der Waals surface area contributed by atoms with Crippen molar-refractivity contribution < 1.29 is 4.79 Å². The molecule has 3 aromatic rings. The van der Waals surface area contributed by atoms with Crippen molar-refractivity contribution in [3.63, 3.8) is 0 Å². The molecule has 0 aliphatic carbocycles. The lowest BCUT2D eigenvalue weighted by Gasteiger charge is -2.35. The number of hydrogen-bond donors (Lipinski definition) is 2. The van der Waals surface area contributed by atoms with Crippen LogP contribution in [0.15, 0.2) is 35.3 Å². The van der Waals surface area contributed by atoms with E-state index in [2.05, 4.69) is 58.3 Å². The second-order valence-corrected chi connectivity index (χ2v) is 10.3. The van der Waals surface area contributed by atoms with Crippen LogP contribution in [0.4, 0.5) is 5.69 Å². The second-order valence-electron chi connectivity index (χ2n) is 9.29. The van der Waals surface area contributed by atoms with Crippen molar-refractivity contribution in [2.45, 2.75) is 52.2 Å². The van der Waals surface area contributed by atoms with Crippen LogP contribution in [-0.2, 0) is 11.3 Å². The third kappa shape index (κ3) is 5.46. The highest BCUT2D eigenvalue weighted by molar-refractivity contribution is 7.07. The smallest absolute Gasteiger partial charge is 0.270 e. The lowest BCUT2D eigenvalue weighted by atomic mass is 10.0. The van der Waals surface area contributed by atoms with Gasteiger partial charge in [0.15, 0.2) is 5.57 Å². The Bertz CT molecular complexity index is 1560. The van der Waals surface area contributed by atoms with Crippen molar-refractivity contribution in [1.29, 1.82) is 10.5 Å². The predicted molar refractivity (Wildman–Crippen MR) is 146 cm³/mol. The molecule has 1 saturated heterocycles. The molecule has 1 amide bonds. The Kier molecular flexibility index (Phi) is 8.12. The highest BCUT2D eigenvalue weighted by atomic mass is 32.1. The highest BCUT2D eigenvalue weighted by Crippen LogP contribution is 2.29. The first-order valence-corrected chi connectivity index (χ1v) is 13.3. The van der Waals surface area contributed by atoms with Gasteiger partial charge < -0.3 is 20.1 Å². The molecule has 10 heteroatoms. The van der Waals surface area contributed by atoms with Gasteiger partial charge in [0.25, 0.3) is 11.5 Å². The molecule has 3 heterocycles. The van der Waals surface area contributed by atoms with Crippen LogP contribution in [0.3, 0.4) is 0 Å². The van der Waals surface area contributed by atoms with Gasteiger partial charge in [-0.1, -0.05) is 0 Å². The van der Waals surface area contributed by atoms with Crippen LogP contribution < -0.4 is 25.4 Å². The number of carbonyl (C=O) groups is 1. The minimum atomic E-state index is -0.670. The van der Waals surface area contributed by atoms with Crippen LogP contribution in [0.25, 0.3) is 22.7 Å². The van der Waals surface area contributed by atoms with Crippen molar-refractivity contribution in [3.05, 3.63) is 50.0 Å². The molecule has 0 unspecified atom stereocenters. The number of anilines is 1. The zero-order chi connectivity index (χ0) is 26.5. The number of piperidine rings is 1. The van der Waals surface area contributed by atoms with Gasteiger partial charge in [-0.3, -0.25) is 14.2 Å². The van der Waals surface area contributed by atoms with E-state index in [0.29, 0.717) is 23.2 Å². The second kappa shape index (κ2) is 11.5. The average molecular weight is 518 g/mol. The summed E-state index contributed by atoms with van der Waals surface area (Å²) in [5.74, 6) is -0.670. The normalized spacial score (nSPS) is 16.0. The third-order valence-corrected chi connectivity index (χ3v) is 7.95. The van der Waals surface area contributed by atoms with Crippen LogP contribution in [0.2, 0.25) is 0 Å². The summed E-state index contributed by atoms with van der Waals surface area (Å²) in [7, 11) is 0. The van der Waals surface area contributed by atoms with Crippen LogP contribution >= 0.6 is 11.3 Å². The molecule has 192 valence electrons. The van der Waals surface area contributed by atoms with E-state index in [9.17, 15) is 14.9 Å². The SMILES string of the molecule is CCn1c(=O)/c(=C/Nc2ccc3c(ccn3C3CCN(C(C)C)CC3)c2)s/c1=C(\C#N)C(=O)NCC#N. The summed E-state index contributed by atoms with van der Waals surface area (Å²) < 4.78 is 4.43. The number of thiazole rings is 1. The molecule has 9 nitrogen and oxygen atoms in total. The fourth-order valence-electron chi connectivity index (χ4n) is 4.80. The highest BCUT2D eigenvalue weighted by Gasteiger charge is 2.22. The van der Waals surface area contributed by atoms with Crippen molar-refractivity contribution in [3.8, 4) is 12.1 Å². The van der Waals surface area contributed by atoms with E-state index in [1.807, 2.05) is 18.2 Å². The number of benzene rings is 1. The van der Waals surface area contributed by atoms with E-state index in [1.165, 1.54) is 10.1 Å². The molecule has 2 N–H and O–H groups in total. The molecular formula is C27H31N7O2S. The summed E-state index contributed by atoms with van der Waals surface area (Å²) in [6, 6.07) is 13.0. The number of aromatic nitrogens is 2. The number of rotatable bonds is 7. The van der Waals surface area contributed by atoms with Gasteiger partial charge in [0.1, 0.15) is 21.8 Å². The van der Waals surface area contributed by atoms with Gasteiger partial charge in [-0.25, -0.2) is 0 Å². The minimum absolute atomic E-state index is 0.180. The fraction of sp³-hybridized carbons (Fsp3) is 0.407. The molecule has 0 bridgehead atoms. The number of fused-ring (bicyclic) bond motifs is 1. The van der Waals surface area contributed by atoms with Crippen molar-refractivity contribution in [1.82, 2.24) is 19.4 Å². The maximum absolute atomic E-state index is 12.9. The molecule has 0 atom stereocenters. The standard InChI is InChI=1S/C27H31N7O2S/c1-4-33-26(36)24(37-27(33)22(16-29)25(35)30-11-10-28)17-31-20-5-6-23-19(15-20)7-14-34(23)21-8-12-32(13-9-21)18(2)3/h5-7,14-15,17-18,21,31H,4,8-9,11-13H2,1-3H3,(H,30,35)/b24-17-,27-22+. The lowest BCUT2D eigenvalue weighted by Crippen LogP contribution is -2.38. The van der Waals surface area contributed by atoms with Crippen LogP contribution in [-0.4, -0.2) is 45.6 Å². The van der Waals surface area contributed by atoms with E-state index in [1.54, 1.807) is 13.1 Å². The Morgan fingerprint density at radius 2 is 2.00 bits per heavy atom. The van der Waals surface area contributed by atoms with Crippen LogP contribution in [0.5, 0.6) is 0 Å². The van der Waals surface area contributed by atoms with Gasteiger partial charge in [-0.2, -0.15) is 10.5 Å². The predicted octanol–water partition coefficient (Wildman–Crippen LogP) is 2.09. The number of nitrogens with one attached hydrogen (secondary N) is 2. The van der Waals surface area contributed by atoms with Crippen molar-refractivity contribution in [2.75, 3.05) is 25.0 Å². The Hall–Kier alpha value is -3.86. The molecule has 4 rings (SSSR count). The number of nitrogens with zero attached hydrogens (tertiary/aromatic N) is 5. The third-order valence-electron chi connectivity index (χ3n) is 6.82. The first-order valence-electron chi connectivity index (χ1n) is 12.5. The fourth-order valence-corrected chi connectivity index (χ4v) is 5.88. The van der Waals surface area contributed by atoms with E-state index in [0.717, 1.165) is 48.3 Å². The summed E-state index contributed by atoms with van der Waals surface area (Å²) in [5.41, 5.74) is 1.57. The average Bonchev–Trinajstić information content (AvgIpc) is 3.46. The van der Waals surface area contributed by atoms with Crippen LogP contribution in [0.1, 0.15) is 39.7 Å². The Morgan fingerprint density at radius 1 is 1.24 bits per heavy atom. The number of carbonyl (C=O) groups excluding carboxylic acids is 1. The summed E-state index contributed by atoms with van der Waals surface area (Å²) in [6.45, 7) is 8.60. The number of nitriles is 2. The van der Waals surface area contributed by atoms with Gasteiger partial charge in [0.2, 0.25) is 0 Å². The quantitative estimate of drug-likeness (QED) is 0.464. The zero-order valence-corrected chi connectivity index (χ0v) is 22.1. The minimum Gasteiger partial charge on any atom is -0.360 e. The maximum atomic E-state index is 12.9. The molecule has 0 radical (unpaired) electrons. The molecule has 1 aliphatic rings.